The van der Waals surface area contributed by atoms with Gasteiger partial charge in [-0.3, -0.25) is 4.79 Å². The molecule has 0 aliphatic heterocycles. The van der Waals surface area contributed by atoms with Crippen LogP contribution in [0.2, 0.25) is 0 Å². The second-order valence-corrected chi connectivity index (χ2v) is 5.06. The van der Waals surface area contributed by atoms with Crippen LogP contribution in [-0.2, 0) is 11.2 Å². The second kappa shape index (κ2) is 9.69. The van der Waals surface area contributed by atoms with Crippen molar-refractivity contribution in [3.05, 3.63) is 35.4 Å². The number of hydrogen-bond donors (Lipinski definition) is 1. The summed E-state index contributed by atoms with van der Waals surface area (Å²) in [6, 6.07) is 7.54. The Morgan fingerprint density at radius 2 is 1.82 bits per heavy atom. The molecule has 0 radical (unpaired) electrons. The molecule has 0 aliphatic carbocycles. The van der Waals surface area contributed by atoms with Crippen molar-refractivity contribution in [1.82, 2.24) is 4.90 Å². The van der Waals surface area contributed by atoms with Crippen molar-refractivity contribution in [1.29, 1.82) is 0 Å². The molecular formula is C15H22ClF3N2O. The van der Waals surface area contributed by atoms with Crippen molar-refractivity contribution in [2.75, 3.05) is 19.6 Å². The molecule has 0 bridgehead atoms. The number of amides is 1. The summed E-state index contributed by atoms with van der Waals surface area (Å²) < 4.78 is 37.6. The van der Waals surface area contributed by atoms with E-state index in [1.807, 2.05) is 31.2 Å². The molecule has 126 valence electrons. The molecule has 0 saturated carbocycles. The van der Waals surface area contributed by atoms with Gasteiger partial charge in [0.05, 0.1) is 0 Å². The smallest absolute Gasteiger partial charge is 0.333 e. The zero-order valence-electron chi connectivity index (χ0n) is 12.5. The molecule has 0 unspecified atom stereocenters. The Balaban J connectivity index is 0.00000441. The maximum Gasteiger partial charge on any atom is 0.406 e. The van der Waals surface area contributed by atoms with Gasteiger partial charge in [0.1, 0.15) is 6.54 Å². The summed E-state index contributed by atoms with van der Waals surface area (Å²) in [5.74, 6) is -0.495. The minimum atomic E-state index is -4.38. The number of carbonyl (C=O) groups excluding carboxylic acids is 1. The molecule has 0 spiro atoms. The third-order valence-electron chi connectivity index (χ3n) is 3.11. The molecule has 0 saturated heterocycles. The van der Waals surface area contributed by atoms with Gasteiger partial charge in [0.25, 0.3) is 0 Å². The fourth-order valence-electron chi connectivity index (χ4n) is 1.94. The van der Waals surface area contributed by atoms with Crippen LogP contribution < -0.4 is 5.73 Å². The summed E-state index contributed by atoms with van der Waals surface area (Å²) >= 11 is 0. The number of aryl methyl sites for hydroxylation is 1. The summed E-state index contributed by atoms with van der Waals surface area (Å²) in [4.78, 5) is 12.7. The Labute approximate surface area is 135 Å². The van der Waals surface area contributed by atoms with Crippen molar-refractivity contribution in [3.8, 4) is 0 Å². The van der Waals surface area contributed by atoms with Crippen LogP contribution in [0.15, 0.2) is 24.3 Å². The Hall–Kier alpha value is -1.27. The van der Waals surface area contributed by atoms with Gasteiger partial charge in [-0.2, -0.15) is 13.2 Å². The number of carbonyl (C=O) groups is 1. The van der Waals surface area contributed by atoms with Crippen LogP contribution in [0.5, 0.6) is 0 Å². The van der Waals surface area contributed by atoms with Gasteiger partial charge in [-0.25, -0.2) is 0 Å². The highest BCUT2D eigenvalue weighted by molar-refractivity contribution is 5.85. The van der Waals surface area contributed by atoms with E-state index in [2.05, 4.69) is 0 Å². The first kappa shape index (κ1) is 20.7. The first-order chi connectivity index (χ1) is 9.81. The van der Waals surface area contributed by atoms with Crippen LogP contribution in [0.1, 0.15) is 24.0 Å². The lowest BCUT2D eigenvalue weighted by Gasteiger charge is -2.24. The SMILES string of the molecule is Cc1ccc(CCN(CC(F)(F)F)C(=O)CCCN)cc1.Cl. The maximum absolute atomic E-state index is 12.5. The molecule has 1 aromatic rings. The van der Waals surface area contributed by atoms with E-state index in [0.29, 0.717) is 19.4 Å². The number of benzene rings is 1. The largest absolute Gasteiger partial charge is 0.406 e. The minimum absolute atomic E-state index is 0. The van der Waals surface area contributed by atoms with E-state index in [1.54, 1.807) is 0 Å². The van der Waals surface area contributed by atoms with Crippen molar-refractivity contribution < 1.29 is 18.0 Å². The van der Waals surface area contributed by atoms with Crippen LogP contribution in [-0.4, -0.2) is 36.6 Å². The molecule has 0 aliphatic rings. The lowest BCUT2D eigenvalue weighted by Crippen LogP contribution is -2.40. The normalized spacial score (nSPS) is 11.0. The Kier molecular flexibility index (Phi) is 9.13. The highest BCUT2D eigenvalue weighted by atomic mass is 35.5. The quantitative estimate of drug-likeness (QED) is 0.830. The third kappa shape index (κ3) is 8.24. The van der Waals surface area contributed by atoms with E-state index in [9.17, 15) is 18.0 Å². The number of alkyl halides is 3. The number of halogens is 4. The lowest BCUT2D eigenvalue weighted by molar-refractivity contribution is -0.161. The van der Waals surface area contributed by atoms with Gasteiger partial charge in [0.15, 0.2) is 0 Å². The van der Waals surface area contributed by atoms with Crippen molar-refractivity contribution in [2.24, 2.45) is 5.73 Å². The summed E-state index contributed by atoms with van der Waals surface area (Å²) in [6.45, 7) is 1.09. The zero-order valence-corrected chi connectivity index (χ0v) is 13.3. The van der Waals surface area contributed by atoms with Gasteiger partial charge in [-0.05, 0) is 31.9 Å². The third-order valence-corrected chi connectivity index (χ3v) is 3.11. The van der Waals surface area contributed by atoms with E-state index >= 15 is 0 Å². The predicted octanol–water partition coefficient (Wildman–Crippen LogP) is 3.09. The Morgan fingerprint density at radius 1 is 1.23 bits per heavy atom. The number of nitrogens with zero attached hydrogens (tertiary/aromatic N) is 1. The lowest BCUT2D eigenvalue weighted by atomic mass is 10.1. The highest BCUT2D eigenvalue weighted by Crippen LogP contribution is 2.18. The summed E-state index contributed by atoms with van der Waals surface area (Å²) in [5, 5.41) is 0. The fraction of sp³-hybridized carbons (Fsp3) is 0.533. The molecule has 1 amide bonds. The molecule has 2 N–H and O–H groups in total. The molecule has 7 heteroatoms. The van der Waals surface area contributed by atoms with Crippen LogP contribution in [0.25, 0.3) is 0 Å². The van der Waals surface area contributed by atoms with Crippen molar-refractivity contribution in [2.45, 2.75) is 32.4 Å². The molecular weight excluding hydrogens is 317 g/mol. The minimum Gasteiger partial charge on any atom is -0.333 e. The van der Waals surface area contributed by atoms with Gasteiger partial charge in [0.2, 0.25) is 5.91 Å². The zero-order chi connectivity index (χ0) is 15.9. The number of nitrogens with two attached hydrogens (primary N) is 1. The molecule has 22 heavy (non-hydrogen) atoms. The Morgan fingerprint density at radius 3 is 2.32 bits per heavy atom. The van der Waals surface area contributed by atoms with Gasteiger partial charge in [-0.1, -0.05) is 29.8 Å². The number of rotatable bonds is 7. The standard InChI is InChI=1S/C15H21F3N2O.ClH/c1-12-4-6-13(7-5-12)8-10-20(11-15(16,17)18)14(21)3-2-9-19;/h4-7H,2-3,8-11,19H2,1H3;1H. The van der Waals surface area contributed by atoms with Gasteiger partial charge < -0.3 is 10.6 Å². The summed E-state index contributed by atoms with van der Waals surface area (Å²) in [7, 11) is 0. The maximum atomic E-state index is 12.5. The Bertz CT molecular complexity index is 449. The molecule has 0 atom stereocenters. The second-order valence-electron chi connectivity index (χ2n) is 5.06. The topological polar surface area (TPSA) is 46.3 Å². The van der Waals surface area contributed by atoms with Gasteiger partial charge in [-0.15, -0.1) is 12.4 Å². The van der Waals surface area contributed by atoms with Crippen LogP contribution in [0.3, 0.4) is 0 Å². The number of hydrogen-bond acceptors (Lipinski definition) is 2. The first-order valence-electron chi connectivity index (χ1n) is 6.92. The van der Waals surface area contributed by atoms with Crippen LogP contribution in [0.4, 0.5) is 13.2 Å². The molecule has 3 nitrogen and oxygen atoms in total. The average Bonchev–Trinajstić information content (AvgIpc) is 2.41. The van der Waals surface area contributed by atoms with Crippen LogP contribution in [0, 0.1) is 6.92 Å². The molecule has 0 fully saturated rings. The van der Waals surface area contributed by atoms with E-state index in [4.69, 9.17) is 5.73 Å². The monoisotopic (exact) mass is 338 g/mol. The molecule has 1 rings (SSSR count). The molecule has 0 aromatic heterocycles. The average molecular weight is 339 g/mol. The van der Waals surface area contributed by atoms with Gasteiger partial charge >= 0.3 is 6.18 Å². The van der Waals surface area contributed by atoms with Crippen molar-refractivity contribution in [3.63, 3.8) is 0 Å². The van der Waals surface area contributed by atoms with E-state index < -0.39 is 18.6 Å². The predicted molar refractivity (Wildman–Crippen MR) is 83.1 cm³/mol. The van der Waals surface area contributed by atoms with Crippen molar-refractivity contribution >= 4 is 18.3 Å². The highest BCUT2D eigenvalue weighted by Gasteiger charge is 2.32. The van der Waals surface area contributed by atoms with E-state index in [0.717, 1.165) is 16.0 Å². The van der Waals surface area contributed by atoms with E-state index in [-0.39, 0.29) is 25.4 Å². The van der Waals surface area contributed by atoms with E-state index in [1.165, 1.54) is 0 Å². The molecule has 1 aromatic carbocycles. The fourth-order valence-corrected chi connectivity index (χ4v) is 1.94. The summed E-state index contributed by atoms with van der Waals surface area (Å²) in [5.41, 5.74) is 7.29. The first-order valence-corrected chi connectivity index (χ1v) is 6.92. The molecule has 0 heterocycles. The summed E-state index contributed by atoms with van der Waals surface area (Å²) in [6.07, 6.45) is -3.52. The van der Waals surface area contributed by atoms with Crippen LogP contribution >= 0.6 is 12.4 Å². The van der Waals surface area contributed by atoms with Gasteiger partial charge in [0, 0.05) is 13.0 Å².